The van der Waals surface area contributed by atoms with Crippen LogP contribution in [0, 0.1) is 0 Å². The molecule has 1 rings (SSSR count). The van der Waals surface area contributed by atoms with Crippen molar-refractivity contribution in [3.8, 4) is 0 Å². The lowest BCUT2D eigenvalue weighted by atomic mass is 10.1. The van der Waals surface area contributed by atoms with E-state index in [1.165, 1.54) is 0 Å². The smallest absolute Gasteiger partial charge is 0.0820 e. The van der Waals surface area contributed by atoms with Gasteiger partial charge in [-0.15, -0.1) is 0 Å². The van der Waals surface area contributed by atoms with E-state index in [1.54, 1.807) is 7.11 Å². The molecule has 0 aromatic carbocycles. The highest BCUT2D eigenvalue weighted by Crippen LogP contribution is 2.16. The molecule has 2 unspecified atom stereocenters. The lowest BCUT2D eigenvalue weighted by Gasteiger charge is -2.21. The van der Waals surface area contributed by atoms with Crippen molar-refractivity contribution in [2.75, 3.05) is 13.7 Å². The fraction of sp³-hybridized carbons (Fsp3) is 0.700. The molecule has 2 atom stereocenters. The third kappa shape index (κ3) is 2.56. The minimum atomic E-state index is 0.129. The number of likely N-dealkylation sites (N-methyl/N-ethyl adjacent to an activating group) is 1. The molecule has 1 aromatic heterocycles. The maximum absolute atomic E-state index is 5.32. The highest BCUT2D eigenvalue weighted by atomic mass is 16.5. The summed E-state index contributed by atoms with van der Waals surface area (Å²) in [6.07, 6.45) is 2.08. The predicted molar refractivity (Wildman–Crippen MR) is 56.1 cm³/mol. The Labute approximate surface area is 85.3 Å². The summed E-state index contributed by atoms with van der Waals surface area (Å²) in [4.78, 5) is 0. The fourth-order valence-electron chi connectivity index (χ4n) is 1.47. The SMILES string of the molecule is CCNC(c1ccn(C)n1)C(C)OC. The molecule has 4 heteroatoms. The van der Waals surface area contributed by atoms with Crippen LogP contribution in [0.25, 0.3) is 0 Å². The minimum Gasteiger partial charge on any atom is -0.380 e. The molecule has 14 heavy (non-hydrogen) atoms. The highest BCUT2D eigenvalue weighted by molar-refractivity contribution is 5.07. The van der Waals surface area contributed by atoms with Gasteiger partial charge in [0.1, 0.15) is 0 Å². The number of rotatable bonds is 5. The summed E-state index contributed by atoms with van der Waals surface area (Å²) in [7, 11) is 3.64. The minimum absolute atomic E-state index is 0.129. The van der Waals surface area contributed by atoms with Crippen LogP contribution in [-0.2, 0) is 11.8 Å². The third-order valence-electron chi connectivity index (χ3n) is 2.32. The van der Waals surface area contributed by atoms with E-state index >= 15 is 0 Å². The molecule has 0 saturated heterocycles. The Hall–Kier alpha value is -0.870. The van der Waals surface area contributed by atoms with E-state index < -0.39 is 0 Å². The van der Waals surface area contributed by atoms with Crippen molar-refractivity contribution < 1.29 is 4.74 Å². The topological polar surface area (TPSA) is 39.1 Å². The van der Waals surface area contributed by atoms with Crippen molar-refractivity contribution in [1.29, 1.82) is 0 Å². The first-order valence-corrected chi connectivity index (χ1v) is 4.94. The molecule has 1 N–H and O–H groups in total. The van der Waals surface area contributed by atoms with Gasteiger partial charge in [0.2, 0.25) is 0 Å². The Morgan fingerprint density at radius 2 is 2.36 bits per heavy atom. The Bertz CT molecular complexity index is 272. The standard InChI is InChI=1S/C10H19N3O/c1-5-11-10(8(2)14-4)9-6-7-13(3)12-9/h6-8,10-11H,5H2,1-4H3. The molecule has 0 aliphatic heterocycles. The van der Waals surface area contributed by atoms with Crippen LogP contribution in [0.3, 0.4) is 0 Å². The van der Waals surface area contributed by atoms with Crippen molar-refractivity contribution in [2.45, 2.75) is 26.0 Å². The van der Waals surface area contributed by atoms with Gasteiger partial charge in [-0.3, -0.25) is 4.68 Å². The van der Waals surface area contributed by atoms with Crippen molar-refractivity contribution in [3.05, 3.63) is 18.0 Å². The van der Waals surface area contributed by atoms with Gasteiger partial charge in [0.15, 0.2) is 0 Å². The molecule has 0 fully saturated rings. The molecule has 0 spiro atoms. The fourth-order valence-corrected chi connectivity index (χ4v) is 1.47. The summed E-state index contributed by atoms with van der Waals surface area (Å²) >= 11 is 0. The number of methoxy groups -OCH3 is 1. The van der Waals surface area contributed by atoms with E-state index in [1.807, 2.05) is 30.9 Å². The Balaban J connectivity index is 2.76. The monoisotopic (exact) mass is 197 g/mol. The highest BCUT2D eigenvalue weighted by Gasteiger charge is 2.19. The zero-order chi connectivity index (χ0) is 10.6. The second kappa shape index (κ2) is 5.12. The van der Waals surface area contributed by atoms with Crippen molar-refractivity contribution >= 4 is 0 Å². The molecule has 1 aromatic rings. The number of hydrogen-bond donors (Lipinski definition) is 1. The van der Waals surface area contributed by atoms with Gasteiger partial charge in [-0.1, -0.05) is 6.92 Å². The Kier molecular flexibility index (Phi) is 4.10. The number of hydrogen-bond acceptors (Lipinski definition) is 3. The number of aromatic nitrogens is 2. The average Bonchev–Trinajstić information content (AvgIpc) is 2.60. The van der Waals surface area contributed by atoms with Gasteiger partial charge in [0.05, 0.1) is 17.8 Å². The van der Waals surface area contributed by atoms with E-state index in [4.69, 9.17) is 4.74 Å². The zero-order valence-corrected chi connectivity index (χ0v) is 9.32. The van der Waals surface area contributed by atoms with E-state index in [0.717, 1.165) is 12.2 Å². The third-order valence-corrected chi connectivity index (χ3v) is 2.32. The largest absolute Gasteiger partial charge is 0.380 e. The van der Waals surface area contributed by atoms with Crippen molar-refractivity contribution in [3.63, 3.8) is 0 Å². The first-order valence-electron chi connectivity index (χ1n) is 4.94. The second-order valence-electron chi connectivity index (χ2n) is 3.39. The first-order chi connectivity index (χ1) is 6.69. The number of ether oxygens (including phenoxy) is 1. The molecular weight excluding hydrogens is 178 g/mol. The van der Waals surface area contributed by atoms with Crippen LogP contribution in [0.1, 0.15) is 25.6 Å². The molecule has 0 saturated carbocycles. The number of nitrogens with one attached hydrogen (secondary N) is 1. The quantitative estimate of drug-likeness (QED) is 0.768. The summed E-state index contributed by atoms with van der Waals surface area (Å²) < 4.78 is 7.12. The summed E-state index contributed by atoms with van der Waals surface area (Å²) in [5, 5.41) is 7.73. The van der Waals surface area contributed by atoms with E-state index in [9.17, 15) is 0 Å². The van der Waals surface area contributed by atoms with E-state index in [0.29, 0.717) is 0 Å². The number of nitrogens with zero attached hydrogens (tertiary/aromatic N) is 2. The summed E-state index contributed by atoms with van der Waals surface area (Å²) in [5.41, 5.74) is 1.03. The van der Waals surface area contributed by atoms with Crippen molar-refractivity contribution in [2.24, 2.45) is 7.05 Å². The second-order valence-corrected chi connectivity index (χ2v) is 3.39. The molecule has 0 bridgehead atoms. The average molecular weight is 197 g/mol. The van der Waals surface area contributed by atoms with Crippen LogP contribution >= 0.6 is 0 Å². The molecule has 80 valence electrons. The molecule has 0 amide bonds. The summed E-state index contributed by atoms with van der Waals surface area (Å²) in [6, 6.07) is 2.19. The molecule has 1 heterocycles. The predicted octanol–water partition coefficient (Wildman–Crippen LogP) is 1.11. The molecule has 0 radical (unpaired) electrons. The van der Waals surface area contributed by atoms with Crippen LogP contribution in [0.5, 0.6) is 0 Å². The van der Waals surface area contributed by atoms with Crippen LogP contribution in [0.2, 0.25) is 0 Å². The van der Waals surface area contributed by atoms with Gasteiger partial charge in [-0.2, -0.15) is 5.10 Å². The summed E-state index contributed by atoms with van der Waals surface area (Å²) in [5.74, 6) is 0. The van der Waals surface area contributed by atoms with Crippen LogP contribution < -0.4 is 5.32 Å². The first kappa shape index (κ1) is 11.2. The van der Waals surface area contributed by atoms with Gasteiger partial charge >= 0.3 is 0 Å². The van der Waals surface area contributed by atoms with Crippen LogP contribution in [-0.4, -0.2) is 29.5 Å². The van der Waals surface area contributed by atoms with Gasteiger partial charge in [-0.05, 0) is 19.5 Å². The van der Waals surface area contributed by atoms with Gasteiger partial charge in [0.25, 0.3) is 0 Å². The van der Waals surface area contributed by atoms with Crippen LogP contribution in [0.4, 0.5) is 0 Å². The van der Waals surface area contributed by atoms with Crippen LogP contribution in [0.15, 0.2) is 12.3 Å². The maximum Gasteiger partial charge on any atom is 0.0820 e. The molecule has 4 nitrogen and oxygen atoms in total. The van der Waals surface area contributed by atoms with Gasteiger partial charge in [0, 0.05) is 20.4 Å². The normalized spacial score (nSPS) is 15.4. The Morgan fingerprint density at radius 3 is 2.79 bits per heavy atom. The molecular formula is C10H19N3O. The van der Waals surface area contributed by atoms with E-state index in [-0.39, 0.29) is 12.1 Å². The van der Waals surface area contributed by atoms with Gasteiger partial charge < -0.3 is 10.1 Å². The lowest BCUT2D eigenvalue weighted by molar-refractivity contribution is 0.0820. The maximum atomic E-state index is 5.32. The zero-order valence-electron chi connectivity index (χ0n) is 9.32. The molecule has 0 aliphatic carbocycles. The van der Waals surface area contributed by atoms with E-state index in [2.05, 4.69) is 17.3 Å². The molecule has 0 aliphatic rings. The van der Waals surface area contributed by atoms with Crippen molar-refractivity contribution in [1.82, 2.24) is 15.1 Å². The lowest BCUT2D eigenvalue weighted by Crippen LogP contribution is -2.31. The Morgan fingerprint density at radius 1 is 1.64 bits per heavy atom. The number of aryl methyl sites for hydroxylation is 1. The van der Waals surface area contributed by atoms with Gasteiger partial charge in [-0.25, -0.2) is 0 Å². The summed E-state index contributed by atoms with van der Waals surface area (Å²) in [6.45, 7) is 5.04.